The van der Waals surface area contributed by atoms with Crippen LogP contribution in [0.2, 0.25) is 0 Å². The molecule has 0 saturated carbocycles. The third-order valence-electron chi connectivity index (χ3n) is 3.62. The Bertz CT molecular complexity index is 378. The van der Waals surface area contributed by atoms with Crippen LogP contribution in [0.25, 0.3) is 0 Å². The van der Waals surface area contributed by atoms with Crippen molar-refractivity contribution in [1.82, 2.24) is 10.3 Å². The molecule has 0 spiro atoms. The lowest BCUT2D eigenvalue weighted by Gasteiger charge is -2.36. The van der Waals surface area contributed by atoms with Crippen LogP contribution in [-0.4, -0.2) is 25.2 Å². The second kappa shape index (κ2) is 3.49. The summed E-state index contributed by atoms with van der Waals surface area (Å²) < 4.78 is 5.35. The summed E-state index contributed by atoms with van der Waals surface area (Å²) in [7, 11) is 1.71. The summed E-state index contributed by atoms with van der Waals surface area (Å²) in [5.74, 6) is 2.28. The number of pyridine rings is 1. The van der Waals surface area contributed by atoms with Crippen LogP contribution in [0.4, 0.5) is 0 Å². The molecule has 2 atom stereocenters. The number of fused-ring (bicyclic) bond motifs is 4. The maximum Gasteiger partial charge on any atom is 0.216 e. The van der Waals surface area contributed by atoms with Gasteiger partial charge in [-0.2, -0.15) is 0 Å². The van der Waals surface area contributed by atoms with Gasteiger partial charge in [-0.05, 0) is 42.9 Å². The number of nitrogens with one attached hydrogen (secondary N) is 1. The van der Waals surface area contributed by atoms with Gasteiger partial charge in [0.1, 0.15) is 0 Å². The molecule has 80 valence electrons. The van der Waals surface area contributed by atoms with E-state index in [1.165, 1.54) is 17.5 Å². The van der Waals surface area contributed by atoms with E-state index in [0.29, 0.717) is 5.92 Å². The molecule has 2 unspecified atom stereocenters. The Morgan fingerprint density at radius 2 is 2.40 bits per heavy atom. The zero-order valence-corrected chi connectivity index (χ0v) is 8.99. The van der Waals surface area contributed by atoms with E-state index in [-0.39, 0.29) is 0 Å². The maximum absolute atomic E-state index is 5.35. The van der Waals surface area contributed by atoms with Crippen molar-refractivity contribution < 1.29 is 4.74 Å². The Hall–Kier alpha value is -1.09. The number of hydrogen-bond acceptors (Lipinski definition) is 3. The van der Waals surface area contributed by atoms with Crippen LogP contribution in [0.5, 0.6) is 5.88 Å². The van der Waals surface area contributed by atoms with Gasteiger partial charge < -0.3 is 10.1 Å². The fourth-order valence-corrected chi connectivity index (χ4v) is 2.96. The first-order valence-electron chi connectivity index (χ1n) is 5.61. The third kappa shape index (κ3) is 1.42. The molecule has 1 aromatic heterocycles. The molecule has 1 aliphatic heterocycles. The molecule has 0 amide bonds. The van der Waals surface area contributed by atoms with Crippen molar-refractivity contribution in [3.63, 3.8) is 0 Å². The predicted molar refractivity (Wildman–Crippen MR) is 58.2 cm³/mol. The molecule has 15 heavy (non-hydrogen) atoms. The SMILES string of the molecule is COc1nccc2c1CC1CNCC2C1. The summed E-state index contributed by atoms with van der Waals surface area (Å²) in [6, 6.07) is 2.16. The van der Waals surface area contributed by atoms with E-state index in [0.717, 1.165) is 31.3 Å². The van der Waals surface area contributed by atoms with E-state index in [9.17, 15) is 0 Å². The van der Waals surface area contributed by atoms with Crippen LogP contribution in [0.1, 0.15) is 23.5 Å². The van der Waals surface area contributed by atoms with Gasteiger partial charge in [0.25, 0.3) is 0 Å². The van der Waals surface area contributed by atoms with Crippen molar-refractivity contribution in [2.75, 3.05) is 20.2 Å². The Kier molecular flexibility index (Phi) is 2.13. The molecule has 2 aliphatic rings. The fourth-order valence-electron chi connectivity index (χ4n) is 2.96. The minimum atomic E-state index is 0.671. The van der Waals surface area contributed by atoms with Gasteiger partial charge in [-0.1, -0.05) is 0 Å². The second-order valence-corrected chi connectivity index (χ2v) is 4.55. The smallest absolute Gasteiger partial charge is 0.216 e. The Morgan fingerprint density at radius 3 is 3.27 bits per heavy atom. The molecule has 1 N–H and O–H groups in total. The predicted octanol–water partition coefficient (Wildman–Crippen LogP) is 1.34. The number of ether oxygens (including phenoxy) is 1. The van der Waals surface area contributed by atoms with E-state index in [1.54, 1.807) is 7.11 Å². The zero-order chi connectivity index (χ0) is 10.3. The molecule has 1 saturated heterocycles. The van der Waals surface area contributed by atoms with Crippen LogP contribution >= 0.6 is 0 Å². The molecular formula is C12H16N2O. The highest BCUT2D eigenvalue weighted by molar-refractivity contribution is 5.40. The van der Waals surface area contributed by atoms with E-state index in [4.69, 9.17) is 4.74 Å². The summed E-state index contributed by atoms with van der Waals surface area (Å²) in [4.78, 5) is 4.30. The largest absolute Gasteiger partial charge is 0.481 e. The molecule has 3 nitrogen and oxygen atoms in total. The number of nitrogens with zero attached hydrogens (tertiary/aromatic N) is 1. The molecule has 3 heteroatoms. The minimum Gasteiger partial charge on any atom is -0.481 e. The first kappa shape index (κ1) is 9.16. The molecular weight excluding hydrogens is 188 g/mol. The molecule has 0 aromatic carbocycles. The lowest BCUT2D eigenvalue weighted by atomic mass is 9.75. The monoisotopic (exact) mass is 204 g/mol. The van der Waals surface area contributed by atoms with E-state index in [1.807, 2.05) is 6.20 Å². The Labute approximate surface area is 89.9 Å². The van der Waals surface area contributed by atoms with Crippen LogP contribution < -0.4 is 10.1 Å². The van der Waals surface area contributed by atoms with Gasteiger partial charge in [0.15, 0.2) is 0 Å². The number of aromatic nitrogens is 1. The van der Waals surface area contributed by atoms with Crippen molar-refractivity contribution in [2.45, 2.75) is 18.8 Å². The van der Waals surface area contributed by atoms with E-state index < -0.39 is 0 Å². The molecule has 0 radical (unpaired) electrons. The van der Waals surface area contributed by atoms with Crippen molar-refractivity contribution in [3.05, 3.63) is 23.4 Å². The van der Waals surface area contributed by atoms with Gasteiger partial charge in [-0.15, -0.1) is 0 Å². The van der Waals surface area contributed by atoms with Crippen molar-refractivity contribution >= 4 is 0 Å². The molecule has 1 aromatic rings. The average Bonchev–Trinajstić information content (AvgIpc) is 2.29. The van der Waals surface area contributed by atoms with Crippen LogP contribution in [0, 0.1) is 5.92 Å². The lowest BCUT2D eigenvalue weighted by Crippen LogP contribution is -2.39. The van der Waals surface area contributed by atoms with E-state index in [2.05, 4.69) is 16.4 Å². The Balaban J connectivity index is 2.08. The van der Waals surface area contributed by atoms with Crippen molar-refractivity contribution in [1.29, 1.82) is 0 Å². The van der Waals surface area contributed by atoms with Gasteiger partial charge >= 0.3 is 0 Å². The summed E-state index contributed by atoms with van der Waals surface area (Å²) in [6.45, 7) is 2.25. The first-order valence-corrected chi connectivity index (χ1v) is 5.61. The number of methoxy groups -OCH3 is 1. The number of rotatable bonds is 1. The van der Waals surface area contributed by atoms with Gasteiger partial charge in [0.2, 0.25) is 5.88 Å². The number of hydrogen-bond donors (Lipinski definition) is 1. The molecule has 1 fully saturated rings. The highest BCUT2D eigenvalue weighted by Crippen LogP contribution is 2.39. The topological polar surface area (TPSA) is 34.1 Å². The second-order valence-electron chi connectivity index (χ2n) is 4.55. The van der Waals surface area contributed by atoms with Crippen molar-refractivity contribution in [2.24, 2.45) is 5.92 Å². The van der Waals surface area contributed by atoms with Gasteiger partial charge in [-0.25, -0.2) is 4.98 Å². The average molecular weight is 204 g/mol. The maximum atomic E-state index is 5.35. The highest BCUT2D eigenvalue weighted by atomic mass is 16.5. The summed E-state index contributed by atoms with van der Waals surface area (Å²) >= 11 is 0. The van der Waals surface area contributed by atoms with Crippen LogP contribution in [-0.2, 0) is 6.42 Å². The molecule has 3 rings (SSSR count). The van der Waals surface area contributed by atoms with Crippen molar-refractivity contribution in [3.8, 4) is 5.88 Å². The van der Waals surface area contributed by atoms with Crippen LogP contribution in [0.3, 0.4) is 0 Å². The minimum absolute atomic E-state index is 0.671. The third-order valence-corrected chi connectivity index (χ3v) is 3.62. The summed E-state index contributed by atoms with van der Waals surface area (Å²) in [5, 5.41) is 3.50. The quantitative estimate of drug-likeness (QED) is 0.749. The van der Waals surface area contributed by atoms with E-state index >= 15 is 0 Å². The Morgan fingerprint density at radius 1 is 1.47 bits per heavy atom. The fraction of sp³-hybridized carbons (Fsp3) is 0.583. The van der Waals surface area contributed by atoms with Crippen LogP contribution in [0.15, 0.2) is 12.3 Å². The zero-order valence-electron chi connectivity index (χ0n) is 8.99. The van der Waals surface area contributed by atoms with Gasteiger partial charge in [0, 0.05) is 18.3 Å². The lowest BCUT2D eigenvalue weighted by molar-refractivity contribution is 0.306. The molecule has 1 aliphatic carbocycles. The normalized spacial score (nSPS) is 28.3. The number of piperidine rings is 1. The highest BCUT2D eigenvalue weighted by Gasteiger charge is 2.32. The summed E-state index contributed by atoms with van der Waals surface area (Å²) in [5.41, 5.74) is 2.80. The summed E-state index contributed by atoms with van der Waals surface area (Å²) in [6.07, 6.45) is 4.32. The molecule has 2 heterocycles. The molecule has 2 bridgehead atoms. The first-order chi connectivity index (χ1) is 7.38. The van der Waals surface area contributed by atoms with Gasteiger partial charge in [-0.3, -0.25) is 0 Å². The van der Waals surface area contributed by atoms with Gasteiger partial charge in [0.05, 0.1) is 7.11 Å². The standard InChI is InChI=1S/C12H16N2O/c1-15-12-11-5-8-4-9(7-13-6-8)10(11)2-3-14-12/h2-3,8-9,13H,4-7H2,1H3.